The molecule has 0 aliphatic heterocycles. The topological polar surface area (TPSA) is 53.1 Å². The first kappa shape index (κ1) is 13.0. The minimum atomic E-state index is -0.859. The number of carboxylic acid groups (broad SMARTS) is 1. The molecule has 1 unspecified atom stereocenters. The molecular formula is C17H19NO2. The molecule has 2 N–H and O–H groups in total. The Balaban J connectivity index is 1.59. The highest BCUT2D eigenvalue weighted by Crippen LogP contribution is 2.36. The SMILES string of the molecule is O=C(O)c1cc2c([nH]1)C(CCCc1ccccc1)CC2. The van der Waals surface area contributed by atoms with Crippen LogP contribution < -0.4 is 0 Å². The van der Waals surface area contributed by atoms with E-state index in [1.807, 2.05) is 6.07 Å². The maximum absolute atomic E-state index is 11.0. The fourth-order valence-electron chi connectivity index (χ4n) is 3.16. The van der Waals surface area contributed by atoms with Gasteiger partial charge in [-0.25, -0.2) is 4.79 Å². The summed E-state index contributed by atoms with van der Waals surface area (Å²) in [6.07, 6.45) is 5.53. The third-order valence-electron chi connectivity index (χ3n) is 4.20. The molecule has 3 heteroatoms. The number of aromatic carboxylic acids is 1. The molecule has 0 saturated heterocycles. The molecule has 1 aromatic carbocycles. The number of carboxylic acids is 1. The monoisotopic (exact) mass is 269 g/mol. The number of carbonyl (C=O) groups is 1. The van der Waals surface area contributed by atoms with Crippen LogP contribution >= 0.6 is 0 Å². The summed E-state index contributed by atoms with van der Waals surface area (Å²) in [6, 6.07) is 12.3. The van der Waals surface area contributed by atoms with Crippen molar-refractivity contribution in [3.63, 3.8) is 0 Å². The second-order valence-electron chi connectivity index (χ2n) is 5.54. The third kappa shape index (κ3) is 2.62. The highest BCUT2D eigenvalue weighted by Gasteiger charge is 2.25. The number of benzene rings is 1. The molecule has 0 bridgehead atoms. The van der Waals surface area contributed by atoms with Crippen LogP contribution in [-0.4, -0.2) is 16.1 Å². The first-order valence-corrected chi connectivity index (χ1v) is 7.23. The summed E-state index contributed by atoms with van der Waals surface area (Å²) in [6.45, 7) is 0. The van der Waals surface area contributed by atoms with Gasteiger partial charge in [-0.3, -0.25) is 0 Å². The van der Waals surface area contributed by atoms with Crippen LogP contribution in [0.25, 0.3) is 0 Å². The summed E-state index contributed by atoms with van der Waals surface area (Å²) in [7, 11) is 0. The summed E-state index contributed by atoms with van der Waals surface area (Å²) in [4.78, 5) is 14.1. The van der Waals surface area contributed by atoms with Crippen molar-refractivity contribution in [2.75, 3.05) is 0 Å². The summed E-state index contributed by atoms with van der Waals surface area (Å²) in [5.74, 6) is -0.357. The van der Waals surface area contributed by atoms with Crippen LogP contribution in [0, 0.1) is 0 Å². The molecule has 104 valence electrons. The van der Waals surface area contributed by atoms with Crippen LogP contribution in [0.15, 0.2) is 36.4 Å². The molecule has 0 saturated carbocycles. The van der Waals surface area contributed by atoms with Gasteiger partial charge in [0.1, 0.15) is 5.69 Å². The van der Waals surface area contributed by atoms with E-state index >= 15 is 0 Å². The van der Waals surface area contributed by atoms with Crippen LogP contribution in [0.4, 0.5) is 0 Å². The maximum atomic E-state index is 11.0. The maximum Gasteiger partial charge on any atom is 0.352 e. The fourth-order valence-corrected chi connectivity index (χ4v) is 3.16. The molecule has 1 heterocycles. The Labute approximate surface area is 118 Å². The van der Waals surface area contributed by atoms with Gasteiger partial charge in [-0.1, -0.05) is 30.3 Å². The smallest absolute Gasteiger partial charge is 0.352 e. The highest BCUT2D eigenvalue weighted by atomic mass is 16.4. The summed E-state index contributed by atoms with van der Waals surface area (Å²) >= 11 is 0. The van der Waals surface area contributed by atoms with E-state index in [-0.39, 0.29) is 0 Å². The van der Waals surface area contributed by atoms with Crippen LogP contribution in [0.1, 0.15) is 52.5 Å². The van der Waals surface area contributed by atoms with Crippen molar-refractivity contribution >= 4 is 5.97 Å². The average molecular weight is 269 g/mol. The third-order valence-corrected chi connectivity index (χ3v) is 4.20. The quantitative estimate of drug-likeness (QED) is 0.868. The Kier molecular flexibility index (Phi) is 3.59. The van der Waals surface area contributed by atoms with Crippen LogP contribution in [-0.2, 0) is 12.8 Å². The predicted octanol–water partition coefficient (Wildman–Crippen LogP) is 3.77. The van der Waals surface area contributed by atoms with Gasteiger partial charge >= 0.3 is 5.97 Å². The first-order chi connectivity index (χ1) is 9.74. The predicted molar refractivity (Wildman–Crippen MR) is 78.2 cm³/mol. The lowest BCUT2D eigenvalue weighted by atomic mass is 9.98. The Hall–Kier alpha value is -2.03. The molecule has 20 heavy (non-hydrogen) atoms. The molecule has 3 nitrogen and oxygen atoms in total. The highest BCUT2D eigenvalue weighted by molar-refractivity contribution is 5.86. The van der Waals surface area contributed by atoms with Gasteiger partial charge in [-0.15, -0.1) is 0 Å². The summed E-state index contributed by atoms with van der Waals surface area (Å²) in [5.41, 5.74) is 4.08. The lowest BCUT2D eigenvalue weighted by Gasteiger charge is -2.10. The van der Waals surface area contributed by atoms with Crippen molar-refractivity contribution in [2.45, 2.75) is 38.0 Å². The van der Waals surface area contributed by atoms with Crippen LogP contribution in [0.3, 0.4) is 0 Å². The molecular weight excluding hydrogens is 250 g/mol. The number of H-pyrrole nitrogens is 1. The molecule has 1 atom stereocenters. The van der Waals surface area contributed by atoms with Gasteiger partial charge in [0.2, 0.25) is 0 Å². The molecule has 1 aliphatic rings. The molecule has 0 fully saturated rings. The van der Waals surface area contributed by atoms with Gasteiger partial charge in [-0.05, 0) is 55.2 Å². The Morgan fingerprint density at radius 1 is 1.30 bits per heavy atom. The number of hydrogen-bond donors (Lipinski definition) is 2. The Bertz CT molecular complexity index is 601. The normalized spacial score (nSPS) is 17.1. The van der Waals surface area contributed by atoms with E-state index in [1.54, 1.807) is 6.07 Å². The van der Waals surface area contributed by atoms with Crippen molar-refractivity contribution in [1.82, 2.24) is 4.98 Å². The van der Waals surface area contributed by atoms with Gasteiger partial charge in [0.15, 0.2) is 0 Å². The van der Waals surface area contributed by atoms with Crippen LogP contribution in [0.2, 0.25) is 0 Å². The zero-order valence-corrected chi connectivity index (χ0v) is 11.4. The van der Waals surface area contributed by atoms with Gasteiger partial charge in [0, 0.05) is 5.69 Å². The Morgan fingerprint density at radius 2 is 2.10 bits per heavy atom. The summed E-state index contributed by atoms with van der Waals surface area (Å²) < 4.78 is 0. The van der Waals surface area contributed by atoms with Crippen LogP contribution in [0.5, 0.6) is 0 Å². The molecule has 1 aliphatic carbocycles. The number of nitrogens with one attached hydrogen (secondary N) is 1. The number of aromatic amines is 1. The summed E-state index contributed by atoms with van der Waals surface area (Å²) in [5, 5.41) is 9.02. The second-order valence-corrected chi connectivity index (χ2v) is 5.54. The van der Waals surface area contributed by atoms with Gasteiger partial charge in [0.05, 0.1) is 0 Å². The largest absolute Gasteiger partial charge is 0.477 e. The zero-order valence-electron chi connectivity index (χ0n) is 11.4. The lowest BCUT2D eigenvalue weighted by Crippen LogP contribution is -2.00. The molecule has 0 amide bonds. The molecule has 1 aromatic heterocycles. The van der Waals surface area contributed by atoms with Crippen molar-refractivity contribution in [1.29, 1.82) is 0 Å². The van der Waals surface area contributed by atoms with E-state index < -0.39 is 5.97 Å². The number of fused-ring (bicyclic) bond motifs is 1. The van der Waals surface area contributed by atoms with Gasteiger partial charge < -0.3 is 10.1 Å². The number of rotatable bonds is 5. The molecule has 0 radical (unpaired) electrons. The molecule has 3 rings (SSSR count). The second kappa shape index (κ2) is 5.53. The van der Waals surface area contributed by atoms with E-state index in [9.17, 15) is 4.79 Å². The standard InChI is InChI=1S/C17H19NO2/c19-17(20)15-11-14-10-9-13(16(14)18-15)8-4-7-12-5-2-1-3-6-12/h1-3,5-6,11,13,18H,4,7-10H2,(H,19,20). The number of aromatic nitrogens is 1. The van der Waals surface area contributed by atoms with E-state index in [2.05, 4.69) is 29.2 Å². The van der Waals surface area contributed by atoms with E-state index in [4.69, 9.17) is 5.11 Å². The minimum Gasteiger partial charge on any atom is -0.477 e. The molecule has 0 spiro atoms. The molecule has 2 aromatic rings. The Morgan fingerprint density at radius 3 is 2.85 bits per heavy atom. The fraction of sp³-hybridized carbons (Fsp3) is 0.353. The van der Waals surface area contributed by atoms with Crippen molar-refractivity contribution in [3.05, 3.63) is 58.9 Å². The zero-order chi connectivity index (χ0) is 13.9. The lowest BCUT2D eigenvalue weighted by molar-refractivity contribution is 0.0691. The number of aryl methyl sites for hydroxylation is 2. The van der Waals surface area contributed by atoms with Gasteiger partial charge in [-0.2, -0.15) is 0 Å². The average Bonchev–Trinajstić information content (AvgIpc) is 3.01. The van der Waals surface area contributed by atoms with Crippen molar-refractivity contribution in [2.24, 2.45) is 0 Å². The van der Waals surface area contributed by atoms with E-state index in [0.29, 0.717) is 11.6 Å². The minimum absolute atomic E-state index is 0.336. The van der Waals surface area contributed by atoms with E-state index in [0.717, 1.165) is 37.8 Å². The first-order valence-electron chi connectivity index (χ1n) is 7.23. The van der Waals surface area contributed by atoms with Gasteiger partial charge in [0.25, 0.3) is 0 Å². The number of hydrogen-bond acceptors (Lipinski definition) is 1. The van der Waals surface area contributed by atoms with Crippen molar-refractivity contribution < 1.29 is 9.90 Å². The van der Waals surface area contributed by atoms with E-state index in [1.165, 1.54) is 11.1 Å². The van der Waals surface area contributed by atoms with Crippen molar-refractivity contribution in [3.8, 4) is 0 Å².